The first kappa shape index (κ1) is 19.8. The SMILES string of the molecule is CC[C@]1(C)CC(=O)c2cc(NC(=O)NCCc3nc(C)cc(C)n3)ccc2O1. The Morgan fingerprint density at radius 2 is 1.93 bits per heavy atom. The standard InChI is InChI=1S/C21H26N4O3/c1-5-21(4)12-17(26)16-11-15(6-7-18(16)28-21)25-20(27)22-9-8-19-23-13(2)10-14(3)24-19/h6-7,10-11H,5,8-9,12H2,1-4H3,(H2,22,25,27)/t21-/m1/s1. The molecule has 2 heterocycles. The Kier molecular flexibility index (Phi) is 5.63. The molecule has 0 bridgehead atoms. The van der Waals surface area contributed by atoms with Gasteiger partial charge in [0.1, 0.15) is 17.2 Å². The van der Waals surface area contributed by atoms with Crippen LogP contribution in [-0.2, 0) is 6.42 Å². The number of benzene rings is 1. The van der Waals surface area contributed by atoms with Crippen LogP contribution in [0.25, 0.3) is 0 Å². The van der Waals surface area contributed by atoms with Gasteiger partial charge in [-0.05, 0) is 51.5 Å². The molecule has 0 spiro atoms. The van der Waals surface area contributed by atoms with E-state index in [0.29, 0.717) is 42.2 Å². The molecule has 2 aromatic rings. The van der Waals surface area contributed by atoms with Gasteiger partial charge in [-0.1, -0.05) is 6.92 Å². The largest absolute Gasteiger partial charge is 0.486 e. The van der Waals surface area contributed by atoms with E-state index >= 15 is 0 Å². The van der Waals surface area contributed by atoms with Gasteiger partial charge in [0.15, 0.2) is 5.78 Å². The monoisotopic (exact) mass is 382 g/mol. The molecule has 7 heteroatoms. The number of nitrogens with one attached hydrogen (secondary N) is 2. The van der Waals surface area contributed by atoms with Crippen molar-refractivity contribution in [3.63, 3.8) is 0 Å². The molecule has 2 N–H and O–H groups in total. The van der Waals surface area contributed by atoms with Gasteiger partial charge in [-0.3, -0.25) is 4.79 Å². The van der Waals surface area contributed by atoms with Crippen molar-refractivity contribution in [2.75, 3.05) is 11.9 Å². The first-order chi connectivity index (χ1) is 13.3. The molecule has 1 aliphatic heterocycles. The van der Waals surface area contributed by atoms with Gasteiger partial charge in [0, 0.05) is 30.0 Å². The number of fused-ring (bicyclic) bond motifs is 1. The molecule has 0 saturated carbocycles. The Balaban J connectivity index is 1.58. The molecule has 0 unspecified atom stereocenters. The Labute approximate surface area is 164 Å². The lowest BCUT2D eigenvalue weighted by Crippen LogP contribution is -2.38. The minimum absolute atomic E-state index is 0.0293. The van der Waals surface area contributed by atoms with Gasteiger partial charge in [-0.2, -0.15) is 0 Å². The second-order valence-electron chi connectivity index (χ2n) is 7.41. The Hall–Kier alpha value is -2.96. The molecule has 0 radical (unpaired) electrons. The van der Waals surface area contributed by atoms with E-state index in [1.165, 1.54) is 0 Å². The molecule has 2 amide bonds. The highest BCUT2D eigenvalue weighted by atomic mass is 16.5. The van der Waals surface area contributed by atoms with Crippen LogP contribution in [-0.4, -0.2) is 33.9 Å². The molecule has 0 aliphatic carbocycles. The van der Waals surface area contributed by atoms with Crippen LogP contribution in [0, 0.1) is 13.8 Å². The molecule has 1 aromatic carbocycles. The number of hydrogen-bond donors (Lipinski definition) is 2. The highest BCUT2D eigenvalue weighted by molar-refractivity contribution is 6.02. The fourth-order valence-corrected chi connectivity index (χ4v) is 3.22. The predicted octanol–water partition coefficient (Wildman–Crippen LogP) is 3.59. The van der Waals surface area contributed by atoms with Gasteiger partial charge in [0.2, 0.25) is 0 Å². The second kappa shape index (κ2) is 7.96. The summed E-state index contributed by atoms with van der Waals surface area (Å²) in [6.07, 6.45) is 1.63. The summed E-state index contributed by atoms with van der Waals surface area (Å²) in [5.41, 5.74) is 2.41. The fourth-order valence-electron chi connectivity index (χ4n) is 3.22. The van der Waals surface area contributed by atoms with Gasteiger partial charge in [-0.15, -0.1) is 0 Å². The first-order valence-corrected chi connectivity index (χ1v) is 9.50. The molecule has 3 rings (SSSR count). The zero-order chi connectivity index (χ0) is 20.3. The number of rotatable bonds is 5. The number of urea groups is 1. The quantitative estimate of drug-likeness (QED) is 0.824. The van der Waals surface area contributed by atoms with Gasteiger partial charge in [0.05, 0.1) is 12.0 Å². The zero-order valence-electron chi connectivity index (χ0n) is 16.8. The van der Waals surface area contributed by atoms with Crippen LogP contribution in [0.15, 0.2) is 24.3 Å². The van der Waals surface area contributed by atoms with Gasteiger partial charge in [-0.25, -0.2) is 14.8 Å². The maximum atomic E-state index is 12.5. The fraction of sp³-hybridized carbons (Fsp3) is 0.429. The summed E-state index contributed by atoms with van der Waals surface area (Å²) in [5.74, 6) is 1.30. The Morgan fingerprint density at radius 3 is 2.61 bits per heavy atom. The Bertz CT molecular complexity index is 892. The van der Waals surface area contributed by atoms with Crippen molar-refractivity contribution in [2.24, 2.45) is 0 Å². The average Bonchev–Trinajstić information content (AvgIpc) is 2.61. The van der Waals surface area contributed by atoms with Gasteiger partial charge >= 0.3 is 6.03 Å². The molecule has 7 nitrogen and oxygen atoms in total. The number of Topliss-reactive ketones (excluding diaryl/α,β-unsaturated/α-hetero) is 1. The summed E-state index contributed by atoms with van der Waals surface area (Å²) in [7, 11) is 0. The molecular weight excluding hydrogens is 356 g/mol. The molecule has 1 atom stereocenters. The third kappa shape index (κ3) is 4.65. The van der Waals surface area contributed by atoms with Crippen LogP contribution >= 0.6 is 0 Å². The van der Waals surface area contributed by atoms with E-state index in [2.05, 4.69) is 20.6 Å². The summed E-state index contributed by atoms with van der Waals surface area (Å²) >= 11 is 0. The van der Waals surface area contributed by atoms with Crippen molar-refractivity contribution in [3.8, 4) is 5.75 Å². The minimum atomic E-state index is -0.466. The lowest BCUT2D eigenvalue weighted by Gasteiger charge is -2.34. The summed E-state index contributed by atoms with van der Waals surface area (Å²) in [5, 5.41) is 5.54. The average molecular weight is 382 g/mol. The number of amides is 2. The molecule has 0 saturated heterocycles. The van der Waals surface area contributed by atoms with E-state index in [1.54, 1.807) is 18.2 Å². The van der Waals surface area contributed by atoms with Crippen molar-refractivity contribution in [3.05, 3.63) is 47.0 Å². The minimum Gasteiger partial charge on any atom is -0.486 e. The van der Waals surface area contributed by atoms with E-state index in [0.717, 1.165) is 17.8 Å². The second-order valence-corrected chi connectivity index (χ2v) is 7.41. The van der Waals surface area contributed by atoms with E-state index < -0.39 is 5.60 Å². The predicted molar refractivity (Wildman–Crippen MR) is 107 cm³/mol. The highest BCUT2D eigenvalue weighted by Crippen LogP contribution is 2.36. The Morgan fingerprint density at radius 1 is 1.21 bits per heavy atom. The van der Waals surface area contributed by atoms with E-state index in [4.69, 9.17) is 4.74 Å². The summed E-state index contributed by atoms with van der Waals surface area (Å²) < 4.78 is 5.97. The van der Waals surface area contributed by atoms with Crippen LogP contribution < -0.4 is 15.4 Å². The number of carbonyl (C=O) groups is 2. The normalized spacial score (nSPS) is 18.2. The summed E-state index contributed by atoms with van der Waals surface area (Å²) in [6.45, 7) is 8.19. The zero-order valence-corrected chi connectivity index (χ0v) is 16.8. The molecule has 1 aromatic heterocycles. The van der Waals surface area contributed by atoms with Crippen molar-refractivity contribution in [2.45, 2.75) is 52.6 Å². The number of nitrogens with zero attached hydrogens (tertiary/aromatic N) is 2. The number of ether oxygens (including phenoxy) is 1. The van der Waals surface area contributed by atoms with E-state index in [9.17, 15) is 9.59 Å². The van der Waals surface area contributed by atoms with Crippen LogP contribution in [0.2, 0.25) is 0 Å². The van der Waals surface area contributed by atoms with Crippen LogP contribution in [0.3, 0.4) is 0 Å². The topological polar surface area (TPSA) is 93.2 Å². The maximum absolute atomic E-state index is 12.5. The number of anilines is 1. The van der Waals surface area contributed by atoms with Gasteiger partial charge in [0.25, 0.3) is 0 Å². The lowest BCUT2D eigenvalue weighted by atomic mass is 9.89. The lowest BCUT2D eigenvalue weighted by molar-refractivity contribution is 0.0499. The number of aryl methyl sites for hydroxylation is 2. The van der Waals surface area contributed by atoms with Crippen LogP contribution in [0.5, 0.6) is 5.75 Å². The van der Waals surface area contributed by atoms with Crippen molar-refractivity contribution in [1.29, 1.82) is 0 Å². The van der Waals surface area contributed by atoms with Gasteiger partial charge < -0.3 is 15.4 Å². The van der Waals surface area contributed by atoms with Crippen molar-refractivity contribution >= 4 is 17.5 Å². The molecule has 0 fully saturated rings. The van der Waals surface area contributed by atoms with Crippen molar-refractivity contribution in [1.82, 2.24) is 15.3 Å². The third-order valence-corrected chi connectivity index (χ3v) is 4.84. The first-order valence-electron chi connectivity index (χ1n) is 9.50. The molecule has 1 aliphatic rings. The third-order valence-electron chi connectivity index (χ3n) is 4.84. The number of hydrogen-bond acceptors (Lipinski definition) is 5. The smallest absolute Gasteiger partial charge is 0.319 e. The van der Waals surface area contributed by atoms with Crippen LogP contribution in [0.4, 0.5) is 10.5 Å². The number of carbonyl (C=O) groups excluding carboxylic acids is 2. The van der Waals surface area contributed by atoms with Crippen LogP contribution in [0.1, 0.15) is 54.3 Å². The number of aromatic nitrogens is 2. The van der Waals surface area contributed by atoms with Crippen molar-refractivity contribution < 1.29 is 14.3 Å². The molecule has 148 valence electrons. The summed E-state index contributed by atoms with van der Waals surface area (Å²) in [4.78, 5) is 33.3. The number of ketones is 1. The maximum Gasteiger partial charge on any atom is 0.319 e. The highest BCUT2D eigenvalue weighted by Gasteiger charge is 2.35. The van der Waals surface area contributed by atoms with E-state index in [-0.39, 0.29) is 11.8 Å². The van der Waals surface area contributed by atoms with E-state index in [1.807, 2.05) is 33.8 Å². The molecule has 28 heavy (non-hydrogen) atoms. The molecular formula is C21H26N4O3. The summed E-state index contributed by atoms with van der Waals surface area (Å²) in [6, 6.07) is 6.71.